The normalized spacial score (nSPS) is 15.7. The van der Waals surface area contributed by atoms with Gasteiger partial charge in [-0.15, -0.1) is 0 Å². The number of carbonyl (C=O) groups is 1. The van der Waals surface area contributed by atoms with Gasteiger partial charge in [0.15, 0.2) is 0 Å². The summed E-state index contributed by atoms with van der Waals surface area (Å²) in [4.78, 5) is 30.6. The Hall–Kier alpha value is -2.26. The molecule has 1 N–H and O–H groups in total. The van der Waals surface area contributed by atoms with Crippen LogP contribution >= 0.6 is 34.2 Å². The summed E-state index contributed by atoms with van der Waals surface area (Å²) in [6, 6.07) is 7.82. The number of hydrogen-bond acceptors (Lipinski definition) is 4. The second kappa shape index (κ2) is 10.2. The monoisotopic (exact) mass is 622 g/mol. The van der Waals surface area contributed by atoms with Crippen LogP contribution in [0.5, 0.6) is 5.75 Å². The molecule has 2 heterocycles. The minimum Gasteiger partial charge on any atom is -0.492 e. The van der Waals surface area contributed by atoms with Crippen LogP contribution in [-0.2, 0) is 4.74 Å². The number of hydrogen-bond donors (Lipinski definition) is 1. The molecule has 1 aliphatic heterocycles. The number of carbonyl (C=O) groups excluding carboxylic acids is 1. The number of aryl methyl sites for hydroxylation is 2. The summed E-state index contributed by atoms with van der Waals surface area (Å²) in [6.07, 6.45) is 1.25. The van der Waals surface area contributed by atoms with Gasteiger partial charge in [0.25, 0.3) is 5.56 Å². The molecule has 36 heavy (non-hydrogen) atoms. The van der Waals surface area contributed by atoms with Crippen LogP contribution in [0.3, 0.4) is 0 Å². The van der Waals surface area contributed by atoms with Crippen molar-refractivity contribution in [1.29, 1.82) is 0 Å². The largest absolute Gasteiger partial charge is 0.492 e. The highest BCUT2D eigenvalue weighted by Crippen LogP contribution is 2.37. The number of amides is 1. The van der Waals surface area contributed by atoms with Gasteiger partial charge in [0.2, 0.25) is 0 Å². The first-order chi connectivity index (χ1) is 16.9. The minimum atomic E-state index is -0.532. The fourth-order valence-electron chi connectivity index (χ4n) is 4.45. The highest BCUT2D eigenvalue weighted by molar-refractivity contribution is 14.1. The van der Waals surface area contributed by atoms with E-state index in [1.165, 1.54) is 5.56 Å². The average molecular weight is 623 g/mol. The fraction of sp³-hybridized carbons (Fsp3) is 0.429. The molecular formula is C28H32ClIN2O4. The standard InChI is InChI=1S/C28H32ClIN2O4/c1-15-11-18(12-16(2)17(15)3)24-25(20-13-22(30)21(29)14-23(20)31-26(24)33)35-10-8-19-7-9-32(19)27(34)36-28(4,5)6/h11-14,19H,7-10H2,1-6H3,(H,31,33)/t19-/m0/s1. The second-order valence-electron chi connectivity index (χ2n) is 10.5. The van der Waals surface area contributed by atoms with Crippen LogP contribution in [0.1, 0.15) is 50.3 Å². The van der Waals surface area contributed by atoms with Gasteiger partial charge in [0.1, 0.15) is 11.4 Å². The van der Waals surface area contributed by atoms with Gasteiger partial charge in [-0.1, -0.05) is 23.7 Å². The van der Waals surface area contributed by atoms with Gasteiger partial charge in [-0.3, -0.25) is 4.79 Å². The topological polar surface area (TPSA) is 71.6 Å². The number of nitrogens with one attached hydrogen (secondary N) is 1. The van der Waals surface area contributed by atoms with E-state index >= 15 is 0 Å². The van der Waals surface area contributed by atoms with Crippen LogP contribution in [0, 0.1) is 24.3 Å². The molecule has 1 atom stereocenters. The number of aromatic nitrogens is 1. The molecule has 1 aromatic heterocycles. The molecule has 0 saturated carbocycles. The SMILES string of the molecule is Cc1cc(-c2c(OCC[C@@H]3CCN3C(=O)OC(C)(C)C)c3cc(I)c(Cl)cc3[nH]c2=O)cc(C)c1C. The van der Waals surface area contributed by atoms with Gasteiger partial charge >= 0.3 is 6.09 Å². The molecule has 2 aromatic carbocycles. The van der Waals surface area contributed by atoms with Gasteiger partial charge in [0.05, 0.1) is 22.7 Å². The Morgan fingerprint density at radius 3 is 2.42 bits per heavy atom. The molecule has 0 spiro atoms. The summed E-state index contributed by atoms with van der Waals surface area (Å²) >= 11 is 8.54. The second-order valence-corrected chi connectivity index (χ2v) is 12.0. The van der Waals surface area contributed by atoms with Crippen LogP contribution < -0.4 is 10.3 Å². The zero-order valence-electron chi connectivity index (χ0n) is 21.6. The zero-order chi connectivity index (χ0) is 26.4. The Morgan fingerprint density at radius 2 is 1.83 bits per heavy atom. The molecule has 1 saturated heterocycles. The molecule has 0 bridgehead atoms. The molecule has 1 fully saturated rings. The van der Waals surface area contributed by atoms with Crippen molar-refractivity contribution in [1.82, 2.24) is 9.88 Å². The quantitative estimate of drug-likeness (QED) is 0.307. The summed E-state index contributed by atoms with van der Waals surface area (Å²) in [6.45, 7) is 12.8. The Labute approximate surface area is 230 Å². The summed E-state index contributed by atoms with van der Waals surface area (Å²) in [5.41, 5.74) is 4.62. The van der Waals surface area contributed by atoms with Crippen LogP contribution in [0.25, 0.3) is 22.0 Å². The van der Waals surface area contributed by atoms with Gasteiger partial charge in [-0.05, 0) is 105 Å². The Bertz CT molecular complexity index is 1370. The number of nitrogens with zero attached hydrogens (tertiary/aromatic N) is 1. The lowest BCUT2D eigenvalue weighted by atomic mass is 9.95. The first kappa shape index (κ1) is 26.8. The number of rotatable bonds is 5. The van der Waals surface area contributed by atoms with Crippen molar-refractivity contribution >= 4 is 51.2 Å². The van der Waals surface area contributed by atoms with E-state index in [1.807, 2.05) is 52.8 Å². The lowest BCUT2D eigenvalue weighted by molar-refractivity contribution is -0.00865. The maximum atomic E-state index is 13.3. The van der Waals surface area contributed by atoms with Crippen molar-refractivity contribution in [3.8, 4) is 16.9 Å². The predicted octanol–water partition coefficient (Wildman–Crippen LogP) is 7.16. The average Bonchev–Trinajstić information content (AvgIpc) is 2.73. The van der Waals surface area contributed by atoms with E-state index in [1.54, 1.807) is 11.0 Å². The third-order valence-electron chi connectivity index (χ3n) is 6.69. The van der Waals surface area contributed by atoms with Crippen molar-refractivity contribution in [2.75, 3.05) is 13.2 Å². The summed E-state index contributed by atoms with van der Waals surface area (Å²) < 4.78 is 12.8. The minimum absolute atomic E-state index is 0.0509. The lowest BCUT2D eigenvalue weighted by Crippen LogP contribution is -2.53. The number of benzene rings is 2. The number of fused-ring (bicyclic) bond motifs is 1. The molecule has 0 aliphatic carbocycles. The van der Waals surface area contributed by atoms with Gasteiger partial charge in [-0.2, -0.15) is 0 Å². The van der Waals surface area contributed by atoms with Crippen LogP contribution in [-0.4, -0.2) is 40.8 Å². The number of likely N-dealkylation sites (tertiary alicyclic amines) is 1. The molecule has 6 nitrogen and oxygen atoms in total. The molecule has 1 amide bonds. The van der Waals surface area contributed by atoms with Gasteiger partial charge in [-0.25, -0.2) is 4.79 Å². The molecule has 8 heteroatoms. The van der Waals surface area contributed by atoms with E-state index in [2.05, 4.69) is 34.5 Å². The summed E-state index contributed by atoms with van der Waals surface area (Å²) in [5.74, 6) is 0.536. The zero-order valence-corrected chi connectivity index (χ0v) is 24.5. The molecule has 3 aromatic rings. The Kier molecular flexibility index (Phi) is 7.62. The highest BCUT2D eigenvalue weighted by atomic mass is 127. The third-order valence-corrected chi connectivity index (χ3v) is 8.22. The number of aromatic amines is 1. The first-order valence-corrected chi connectivity index (χ1v) is 13.6. The Morgan fingerprint density at radius 1 is 1.17 bits per heavy atom. The molecule has 1 aliphatic rings. The Balaban J connectivity index is 1.68. The van der Waals surface area contributed by atoms with Crippen molar-refractivity contribution in [3.63, 3.8) is 0 Å². The third kappa shape index (κ3) is 5.52. The van der Waals surface area contributed by atoms with Crippen molar-refractivity contribution in [2.45, 2.75) is 66.0 Å². The lowest BCUT2D eigenvalue weighted by Gasteiger charge is -2.41. The van der Waals surface area contributed by atoms with E-state index in [4.69, 9.17) is 21.1 Å². The van der Waals surface area contributed by atoms with Gasteiger partial charge in [0, 0.05) is 28.0 Å². The number of ether oxygens (including phenoxy) is 2. The van der Waals surface area contributed by atoms with Crippen LogP contribution in [0.2, 0.25) is 5.02 Å². The maximum absolute atomic E-state index is 13.3. The highest BCUT2D eigenvalue weighted by Gasteiger charge is 2.35. The van der Waals surface area contributed by atoms with E-state index < -0.39 is 5.60 Å². The summed E-state index contributed by atoms with van der Waals surface area (Å²) in [7, 11) is 0. The number of halogens is 2. The van der Waals surface area contributed by atoms with Crippen LogP contribution in [0.15, 0.2) is 29.1 Å². The summed E-state index contributed by atoms with van der Waals surface area (Å²) in [5, 5.41) is 1.37. The molecule has 192 valence electrons. The van der Waals surface area contributed by atoms with E-state index in [-0.39, 0.29) is 17.7 Å². The van der Waals surface area contributed by atoms with E-state index in [0.717, 1.165) is 32.1 Å². The van der Waals surface area contributed by atoms with Gasteiger partial charge < -0.3 is 19.4 Å². The predicted molar refractivity (Wildman–Crippen MR) is 153 cm³/mol. The fourth-order valence-corrected chi connectivity index (χ4v) is 5.08. The van der Waals surface area contributed by atoms with Crippen molar-refractivity contribution in [2.24, 2.45) is 0 Å². The van der Waals surface area contributed by atoms with Crippen LogP contribution in [0.4, 0.5) is 4.79 Å². The molecule has 4 rings (SSSR count). The molecule has 0 radical (unpaired) electrons. The molecule has 0 unspecified atom stereocenters. The van der Waals surface area contributed by atoms with Crippen molar-refractivity contribution in [3.05, 3.63) is 59.9 Å². The number of pyridine rings is 1. The van der Waals surface area contributed by atoms with E-state index in [0.29, 0.717) is 41.4 Å². The number of H-pyrrole nitrogens is 1. The van der Waals surface area contributed by atoms with Crippen molar-refractivity contribution < 1.29 is 14.3 Å². The smallest absolute Gasteiger partial charge is 0.410 e. The van der Waals surface area contributed by atoms with E-state index in [9.17, 15) is 9.59 Å². The molecular weight excluding hydrogens is 591 g/mol. The first-order valence-electron chi connectivity index (χ1n) is 12.1. The maximum Gasteiger partial charge on any atom is 0.410 e.